The van der Waals surface area contributed by atoms with E-state index in [1.165, 1.54) is 6.42 Å². The number of amides is 1. The molecule has 1 fully saturated rings. The van der Waals surface area contributed by atoms with Crippen molar-refractivity contribution in [1.29, 1.82) is 0 Å². The van der Waals surface area contributed by atoms with Crippen molar-refractivity contribution in [3.8, 4) is 0 Å². The molecule has 0 aliphatic heterocycles. The average Bonchev–Trinajstić information content (AvgIpc) is 3.08. The lowest BCUT2D eigenvalue weighted by Gasteiger charge is -2.24. The zero-order valence-corrected chi connectivity index (χ0v) is 13.8. The number of hydrogen-bond acceptors (Lipinski definition) is 6. The molecule has 0 atom stereocenters. The van der Waals surface area contributed by atoms with Gasteiger partial charge in [-0.3, -0.25) is 4.79 Å². The molecule has 1 amide bonds. The zero-order valence-electron chi connectivity index (χ0n) is 13.8. The Morgan fingerprint density at radius 1 is 1.31 bits per heavy atom. The number of aromatic nitrogens is 5. The molecule has 0 radical (unpaired) electrons. The number of nitrogens with zero attached hydrogens (tertiary/aromatic N) is 5. The molecule has 26 heavy (non-hydrogen) atoms. The van der Waals surface area contributed by atoms with Crippen molar-refractivity contribution >= 4 is 11.9 Å². The van der Waals surface area contributed by atoms with Crippen LogP contribution < -0.4 is 11.1 Å². The second kappa shape index (κ2) is 7.26. The third-order valence-electron chi connectivity index (χ3n) is 4.34. The molecule has 3 rings (SSSR count). The third-order valence-corrected chi connectivity index (χ3v) is 4.34. The molecule has 0 bridgehead atoms. The van der Waals surface area contributed by atoms with Gasteiger partial charge in [-0.2, -0.15) is 13.2 Å². The maximum atomic E-state index is 13.1. The number of carbonyl (C=O) groups is 1. The summed E-state index contributed by atoms with van der Waals surface area (Å²) in [7, 11) is 0. The second-order valence-electron chi connectivity index (χ2n) is 6.12. The zero-order chi connectivity index (χ0) is 18.7. The summed E-state index contributed by atoms with van der Waals surface area (Å²) in [6.45, 7) is -0.0446. The first-order valence-electron chi connectivity index (χ1n) is 8.22. The van der Waals surface area contributed by atoms with Gasteiger partial charge in [-0.15, -0.1) is 10.2 Å². The number of nitrogens with one attached hydrogen (secondary N) is 1. The van der Waals surface area contributed by atoms with E-state index in [0.717, 1.165) is 31.9 Å². The van der Waals surface area contributed by atoms with Gasteiger partial charge in [0.2, 0.25) is 5.95 Å². The van der Waals surface area contributed by atoms with E-state index in [0.29, 0.717) is 5.82 Å². The molecule has 2 heterocycles. The number of alkyl halides is 3. The molecule has 140 valence electrons. The highest BCUT2D eigenvalue weighted by atomic mass is 19.4. The summed E-state index contributed by atoms with van der Waals surface area (Å²) in [5.41, 5.74) is 3.15. The van der Waals surface area contributed by atoms with E-state index < -0.39 is 29.3 Å². The van der Waals surface area contributed by atoms with Crippen molar-refractivity contribution in [3.05, 3.63) is 29.6 Å². The minimum Gasteiger partial charge on any atom is -0.368 e. The summed E-state index contributed by atoms with van der Waals surface area (Å²) < 4.78 is 41.0. The van der Waals surface area contributed by atoms with Gasteiger partial charge in [0.1, 0.15) is 6.33 Å². The Bertz CT molecular complexity index is 784. The van der Waals surface area contributed by atoms with Gasteiger partial charge in [0.15, 0.2) is 11.5 Å². The molecule has 1 saturated carbocycles. The summed E-state index contributed by atoms with van der Waals surface area (Å²) >= 11 is 0. The lowest BCUT2D eigenvalue weighted by atomic mass is 9.95. The van der Waals surface area contributed by atoms with Crippen LogP contribution in [-0.4, -0.2) is 30.6 Å². The molecule has 1 aliphatic rings. The Hall–Kier alpha value is -2.72. The minimum absolute atomic E-state index is 0.0446. The lowest BCUT2D eigenvalue weighted by Crippen LogP contribution is -2.29. The Balaban J connectivity index is 1.74. The predicted molar refractivity (Wildman–Crippen MR) is 84.8 cm³/mol. The molecule has 1 aliphatic carbocycles. The van der Waals surface area contributed by atoms with E-state index in [9.17, 15) is 18.0 Å². The molecule has 0 saturated heterocycles. The highest BCUT2D eigenvalue weighted by molar-refractivity contribution is 5.95. The Labute approximate surface area is 147 Å². The van der Waals surface area contributed by atoms with Crippen LogP contribution in [0.25, 0.3) is 0 Å². The maximum absolute atomic E-state index is 13.1. The summed E-state index contributed by atoms with van der Waals surface area (Å²) in [6, 6.07) is 0.247. The predicted octanol–water partition coefficient (Wildman–Crippen LogP) is 2.10. The van der Waals surface area contributed by atoms with Crippen LogP contribution in [0.5, 0.6) is 0 Å². The van der Waals surface area contributed by atoms with E-state index in [1.54, 1.807) is 6.33 Å². The fourth-order valence-electron chi connectivity index (χ4n) is 3.09. The average molecular weight is 369 g/mol. The molecule has 0 unspecified atom stereocenters. The molecule has 11 heteroatoms. The van der Waals surface area contributed by atoms with Gasteiger partial charge in [0.05, 0.1) is 12.1 Å². The van der Waals surface area contributed by atoms with Crippen LogP contribution in [0.4, 0.5) is 19.1 Å². The lowest BCUT2D eigenvalue weighted by molar-refractivity contribution is -0.141. The van der Waals surface area contributed by atoms with Crippen LogP contribution in [-0.2, 0) is 12.7 Å². The fraction of sp³-hybridized carbons (Fsp3) is 0.533. The first-order valence-corrected chi connectivity index (χ1v) is 8.22. The molecular weight excluding hydrogens is 351 g/mol. The number of nitrogens with two attached hydrogens (primary N) is 1. The maximum Gasteiger partial charge on any atom is 0.434 e. The summed E-state index contributed by atoms with van der Waals surface area (Å²) in [6.07, 6.45) is 2.91. The molecule has 0 aromatic carbocycles. The molecular formula is C15H18F3N7O. The standard InChI is InChI=1S/C15H18F3N7O/c16-15(17,18)12-10(6-21-14(19)23-12)13(26)20-7-11-24-22-8-25(11)9-4-2-1-3-5-9/h6,8-9H,1-5,7H2,(H,20,26)(H2,19,21,23). The van der Waals surface area contributed by atoms with E-state index in [4.69, 9.17) is 5.73 Å². The molecule has 2 aromatic rings. The van der Waals surface area contributed by atoms with Gasteiger partial charge >= 0.3 is 6.18 Å². The number of carbonyl (C=O) groups excluding carboxylic acids is 1. The van der Waals surface area contributed by atoms with Crippen LogP contribution in [0, 0.1) is 0 Å². The SMILES string of the molecule is Nc1ncc(C(=O)NCc2nncn2C2CCCCC2)c(C(F)(F)F)n1. The van der Waals surface area contributed by atoms with Crippen molar-refractivity contribution in [2.24, 2.45) is 0 Å². The van der Waals surface area contributed by atoms with Crippen molar-refractivity contribution in [2.75, 3.05) is 5.73 Å². The van der Waals surface area contributed by atoms with Crippen LogP contribution in [0.2, 0.25) is 0 Å². The number of halogens is 3. The first kappa shape index (κ1) is 18.1. The van der Waals surface area contributed by atoms with Crippen LogP contribution in [0.1, 0.15) is 60.0 Å². The smallest absolute Gasteiger partial charge is 0.368 e. The molecule has 3 N–H and O–H groups in total. The highest BCUT2D eigenvalue weighted by Crippen LogP contribution is 2.31. The largest absolute Gasteiger partial charge is 0.434 e. The number of anilines is 1. The second-order valence-corrected chi connectivity index (χ2v) is 6.12. The van der Waals surface area contributed by atoms with Crippen LogP contribution in [0.15, 0.2) is 12.5 Å². The topological polar surface area (TPSA) is 112 Å². The minimum atomic E-state index is -4.81. The van der Waals surface area contributed by atoms with Crippen molar-refractivity contribution < 1.29 is 18.0 Å². The molecule has 2 aromatic heterocycles. The van der Waals surface area contributed by atoms with Gasteiger partial charge in [-0.1, -0.05) is 19.3 Å². The summed E-state index contributed by atoms with van der Waals surface area (Å²) in [5.74, 6) is -1.00. The van der Waals surface area contributed by atoms with Gasteiger partial charge in [0.25, 0.3) is 5.91 Å². The summed E-state index contributed by atoms with van der Waals surface area (Å²) in [4.78, 5) is 18.8. The third kappa shape index (κ3) is 3.92. The highest BCUT2D eigenvalue weighted by Gasteiger charge is 2.38. The van der Waals surface area contributed by atoms with Crippen molar-refractivity contribution in [2.45, 2.75) is 50.9 Å². The first-order chi connectivity index (χ1) is 12.4. The van der Waals surface area contributed by atoms with E-state index in [-0.39, 0.29) is 12.6 Å². The van der Waals surface area contributed by atoms with Gasteiger partial charge in [-0.05, 0) is 12.8 Å². The van der Waals surface area contributed by atoms with Gasteiger partial charge < -0.3 is 15.6 Å². The number of nitrogen functional groups attached to an aromatic ring is 1. The Morgan fingerprint density at radius 2 is 2.04 bits per heavy atom. The number of rotatable bonds is 4. The number of hydrogen-bond donors (Lipinski definition) is 2. The quantitative estimate of drug-likeness (QED) is 0.854. The van der Waals surface area contributed by atoms with Crippen LogP contribution >= 0.6 is 0 Å². The normalized spacial score (nSPS) is 15.8. The fourth-order valence-corrected chi connectivity index (χ4v) is 3.09. The molecule has 8 nitrogen and oxygen atoms in total. The van der Waals surface area contributed by atoms with E-state index in [1.807, 2.05) is 4.57 Å². The Kier molecular flexibility index (Phi) is 5.05. The monoisotopic (exact) mass is 369 g/mol. The van der Waals surface area contributed by atoms with E-state index >= 15 is 0 Å². The van der Waals surface area contributed by atoms with Gasteiger partial charge in [0, 0.05) is 12.2 Å². The summed E-state index contributed by atoms with van der Waals surface area (Å²) in [5, 5.41) is 10.3. The van der Waals surface area contributed by atoms with Crippen molar-refractivity contribution in [1.82, 2.24) is 30.0 Å². The van der Waals surface area contributed by atoms with Crippen molar-refractivity contribution in [3.63, 3.8) is 0 Å². The van der Waals surface area contributed by atoms with Gasteiger partial charge in [-0.25, -0.2) is 9.97 Å². The molecule has 0 spiro atoms. The van der Waals surface area contributed by atoms with E-state index in [2.05, 4.69) is 25.5 Å². The Morgan fingerprint density at radius 3 is 2.73 bits per heavy atom. The van der Waals surface area contributed by atoms with Crippen LogP contribution in [0.3, 0.4) is 0 Å².